The van der Waals surface area contributed by atoms with Gasteiger partial charge in [0.1, 0.15) is 18.6 Å². The van der Waals surface area contributed by atoms with Crippen molar-refractivity contribution in [1.82, 2.24) is 4.98 Å². The number of aromatic nitrogens is 1. The number of anilines is 1. The lowest BCUT2D eigenvalue weighted by atomic mass is 10.2. The molecule has 10 heteroatoms. The second-order valence-corrected chi connectivity index (χ2v) is 8.26. The van der Waals surface area contributed by atoms with Gasteiger partial charge in [-0.2, -0.15) is 5.10 Å². The van der Waals surface area contributed by atoms with Crippen LogP contribution >= 0.6 is 50.1 Å². The minimum absolute atomic E-state index is 0.0870. The summed E-state index contributed by atoms with van der Waals surface area (Å²) in [7, 11) is 0. The molecule has 148 valence electrons. The molecule has 1 aromatic heterocycles. The van der Waals surface area contributed by atoms with Gasteiger partial charge in [0.15, 0.2) is 5.75 Å². The van der Waals surface area contributed by atoms with Crippen LogP contribution in [-0.4, -0.2) is 16.1 Å². The minimum Gasteiger partial charge on any atom is -0.486 e. The van der Waals surface area contributed by atoms with Gasteiger partial charge in [-0.25, -0.2) is 4.98 Å². The van der Waals surface area contributed by atoms with Gasteiger partial charge in [-0.1, -0.05) is 23.7 Å². The zero-order valence-corrected chi connectivity index (χ0v) is 19.2. The van der Waals surface area contributed by atoms with Crippen LogP contribution in [0.5, 0.6) is 5.75 Å². The van der Waals surface area contributed by atoms with Crippen LogP contribution in [0.2, 0.25) is 5.02 Å². The van der Waals surface area contributed by atoms with Crippen LogP contribution in [0, 0.1) is 13.7 Å². The molecule has 0 unspecified atom stereocenters. The van der Waals surface area contributed by atoms with Crippen molar-refractivity contribution in [1.29, 1.82) is 0 Å². The molecule has 0 bridgehead atoms. The van der Waals surface area contributed by atoms with Crippen molar-refractivity contribution in [2.45, 2.75) is 6.61 Å². The molecule has 1 heterocycles. The standard InChI is InChI=1S/C19H13BrClIN4O3/c20-16-7-13(9-24-25-18-6-5-15(10-23-18)26(27)28)8-17(21)19(16)29-11-12-1-3-14(22)4-2-12/h1-10H,11H2,(H,23,25)/b24-9+. The van der Waals surface area contributed by atoms with Crippen molar-refractivity contribution in [2.24, 2.45) is 5.10 Å². The number of pyridine rings is 1. The molecular formula is C19H13BrClIN4O3. The molecule has 1 N–H and O–H groups in total. The second-order valence-electron chi connectivity index (χ2n) is 5.76. The van der Waals surface area contributed by atoms with Gasteiger partial charge in [0, 0.05) is 9.64 Å². The molecule has 0 amide bonds. The molecule has 2 aromatic carbocycles. The summed E-state index contributed by atoms with van der Waals surface area (Å²) in [6, 6.07) is 14.4. The molecule has 3 aromatic rings. The molecule has 0 atom stereocenters. The average Bonchev–Trinajstić information content (AvgIpc) is 2.69. The normalized spacial score (nSPS) is 10.9. The number of nitrogens with zero attached hydrogens (tertiary/aromatic N) is 3. The van der Waals surface area contributed by atoms with Crippen molar-refractivity contribution in [3.63, 3.8) is 0 Å². The van der Waals surface area contributed by atoms with Crippen molar-refractivity contribution in [2.75, 3.05) is 5.43 Å². The third kappa shape index (κ3) is 6.12. The van der Waals surface area contributed by atoms with Gasteiger partial charge in [-0.05, 0) is 80.0 Å². The maximum absolute atomic E-state index is 10.6. The van der Waals surface area contributed by atoms with E-state index in [0.29, 0.717) is 27.7 Å². The first-order valence-corrected chi connectivity index (χ1v) is 10.4. The van der Waals surface area contributed by atoms with E-state index in [1.807, 2.05) is 30.3 Å². The lowest BCUT2D eigenvalue weighted by molar-refractivity contribution is -0.385. The number of benzene rings is 2. The molecule has 0 saturated heterocycles. The predicted octanol–water partition coefficient (Wildman–Crippen LogP) is 6.04. The number of nitrogens with one attached hydrogen (secondary N) is 1. The van der Waals surface area contributed by atoms with Crippen molar-refractivity contribution in [3.8, 4) is 5.75 Å². The van der Waals surface area contributed by atoms with E-state index in [0.717, 1.165) is 20.9 Å². The van der Waals surface area contributed by atoms with E-state index in [9.17, 15) is 10.1 Å². The second kappa shape index (κ2) is 9.99. The average molecular weight is 588 g/mol. The van der Waals surface area contributed by atoms with Gasteiger partial charge < -0.3 is 4.74 Å². The molecule has 3 rings (SSSR count). The zero-order valence-electron chi connectivity index (χ0n) is 14.7. The van der Waals surface area contributed by atoms with E-state index in [1.54, 1.807) is 12.3 Å². The van der Waals surface area contributed by atoms with E-state index in [4.69, 9.17) is 16.3 Å². The lowest BCUT2D eigenvalue weighted by Crippen LogP contribution is -1.98. The topological polar surface area (TPSA) is 89.7 Å². The number of hydrogen-bond acceptors (Lipinski definition) is 6. The highest BCUT2D eigenvalue weighted by Gasteiger charge is 2.09. The largest absolute Gasteiger partial charge is 0.486 e. The Morgan fingerprint density at radius 1 is 1.28 bits per heavy atom. The molecule has 0 aliphatic carbocycles. The number of halogens is 3. The summed E-state index contributed by atoms with van der Waals surface area (Å²) in [4.78, 5) is 14.0. The Labute approximate surface area is 193 Å². The molecule has 0 radical (unpaired) electrons. The van der Waals surface area contributed by atoms with Crippen LogP contribution in [0.1, 0.15) is 11.1 Å². The van der Waals surface area contributed by atoms with Gasteiger partial charge >= 0.3 is 0 Å². The Hall–Kier alpha value is -2.24. The summed E-state index contributed by atoms with van der Waals surface area (Å²) in [5.41, 5.74) is 4.40. The summed E-state index contributed by atoms with van der Waals surface area (Å²) >= 11 is 12.1. The van der Waals surface area contributed by atoms with Crippen LogP contribution in [-0.2, 0) is 6.61 Å². The van der Waals surface area contributed by atoms with Gasteiger partial charge in [0.2, 0.25) is 0 Å². The molecule has 7 nitrogen and oxygen atoms in total. The van der Waals surface area contributed by atoms with E-state index in [2.05, 4.69) is 54.0 Å². The monoisotopic (exact) mass is 586 g/mol. The molecule has 0 saturated carbocycles. The SMILES string of the molecule is O=[N+]([O-])c1ccc(N/N=C/c2cc(Cl)c(OCc3ccc(I)cc3)c(Br)c2)nc1. The Morgan fingerprint density at radius 3 is 2.66 bits per heavy atom. The summed E-state index contributed by atoms with van der Waals surface area (Å²) in [5.74, 6) is 0.932. The Morgan fingerprint density at radius 2 is 2.03 bits per heavy atom. The number of nitro groups is 1. The van der Waals surface area contributed by atoms with Crippen molar-refractivity contribution >= 4 is 67.8 Å². The van der Waals surface area contributed by atoms with Crippen LogP contribution in [0.25, 0.3) is 0 Å². The van der Waals surface area contributed by atoms with E-state index < -0.39 is 4.92 Å². The highest BCUT2D eigenvalue weighted by Crippen LogP contribution is 2.34. The predicted molar refractivity (Wildman–Crippen MR) is 125 cm³/mol. The fourth-order valence-corrected chi connectivity index (χ4v) is 3.61. The van der Waals surface area contributed by atoms with Crippen molar-refractivity contribution < 1.29 is 9.66 Å². The van der Waals surface area contributed by atoms with Gasteiger partial charge in [0.25, 0.3) is 5.69 Å². The van der Waals surface area contributed by atoms with Crippen LogP contribution in [0.15, 0.2) is 64.3 Å². The summed E-state index contributed by atoms with van der Waals surface area (Å²) in [5, 5.41) is 15.1. The van der Waals surface area contributed by atoms with E-state index in [-0.39, 0.29) is 5.69 Å². The maximum atomic E-state index is 10.6. The highest BCUT2D eigenvalue weighted by atomic mass is 127. The quantitative estimate of drug-likeness (QED) is 0.158. The van der Waals surface area contributed by atoms with Crippen LogP contribution < -0.4 is 10.2 Å². The first-order valence-electron chi connectivity index (χ1n) is 8.18. The van der Waals surface area contributed by atoms with Crippen LogP contribution in [0.3, 0.4) is 0 Å². The fraction of sp³-hybridized carbons (Fsp3) is 0.0526. The van der Waals surface area contributed by atoms with Gasteiger partial charge in [-0.15, -0.1) is 0 Å². The molecule has 0 aliphatic rings. The van der Waals surface area contributed by atoms with E-state index >= 15 is 0 Å². The first kappa shape index (κ1) is 21.5. The van der Waals surface area contributed by atoms with Crippen LogP contribution in [0.4, 0.5) is 11.5 Å². The number of rotatable bonds is 7. The molecule has 0 aliphatic heterocycles. The van der Waals surface area contributed by atoms with Crippen molar-refractivity contribution in [3.05, 3.63) is 89.0 Å². The molecule has 0 spiro atoms. The lowest BCUT2D eigenvalue weighted by Gasteiger charge is -2.11. The summed E-state index contributed by atoms with van der Waals surface area (Å²) in [6.45, 7) is 0.399. The highest BCUT2D eigenvalue weighted by molar-refractivity contribution is 14.1. The fourth-order valence-electron chi connectivity index (χ4n) is 2.26. The first-order chi connectivity index (χ1) is 13.9. The van der Waals surface area contributed by atoms with Gasteiger partial charge in [0.05, 0.1) is 20.6 Å². The Bertz CT molecular complexity index is 1020. The molecule has 29 heavy (non-hydrogen) atoms. The zero-order chi connectivity index (χ0) is 20.8. The molecule has 0 fully saturated rings. The number of hydrazone groups is 1. The minimum atomic E-state index is -0.512. The summed E-state index contributed by atoms with van der Waals surface area (Å²) < 4.78 is 7.70. The van der Waals surface area contributed by atoms with E-state index in [1.165, 1.54) is 12.1 Å². The third-order valence-corrected chi connectivity index (χ3v) is 5.26. The third-order valence-electron chi connectivity index (χ3n) is 3.67. The molecular weight excluding hydrogens is 574 g/mol. The number of hydrogen-bond donors (Lipinski definition) is 1. The smallest absolute Gasteiger partial charge is 0.287 e. The van der Waals surface area contributed by atoms with Gasteiger partial charge in [-0.3, -0.25) is 15.5 Å². The summed E-state index contributed by atoms with van der Waals surface area (Å²) in [6.07, 6.45) is 2.72. The number of ether oxygens (including phenoxy) is 1. The Kier molecular flexibility index (Phi) is 7.40. The maximum Gasteiger partial charge on any atom is 0.287 e. The Balaban J connectivity index is 1.64.